The van der Waals surface area contributed by atoms with Gasteiger partial charge in [-0.1, -0.05) is 42.5 Å². The molecule has 0 saturated heterocycles. The second-order valence-corrected chi connectivity index (χ2v) is 8.04. The number of benzene rings is 3. The Labute approximate surface area is 162 Å². The Morgan fingerprint density at radius 1 is 0.889 bits per heavy atom. The van der Waals surface area contributed by atoms with Crippen molar-refractivity contribution in [3.05, 3.63) is 107 Å². The average Bonchev–Trinajstić information content (AvgIpc) is 3.15. The molecule has 5 rings (SSSR count). The summed E-state index contributed by atoms with van der Waals surface area (Å²) in [7, 11) is 0. The highest BCUT2D eigenvalue weighted by Gasteiger charge is 2.41. The van der Waals surface area contributed by atoms with Crippen LogP contribution in [-0.2, 0) is 5.41 Å². The lowest BCUT2D eigenvalue weighted by Crippen LogP contribution is -2.47. The zero-order valence-electron chi connectivity index (χ0n) is 15.1. The Hall–Kier alpha value is -3.04. The summed E-state index contributed by atoms with van der Waals surface area (Å²) in [6.45, 7) is 6.75. The lowest BCUT2D eigenvalue weighted by molar-refractivity contribution is 0.636. The van der Waals surface area contributed by atoms with Crippen LogP contribution >= 0.6 is 11.3 Å². The number of allylic oxidation sites excluding steroid dienone is 1. The first-order chi connectivity index (χ1) is 13.2. The lowest BCUT2D eigenvalue weighted by atomic mass is 9.84. The summed E-state index contributed by atoms with van der Waals surface area (Å²) in [4.78, 5) is 4.96. The minimum atomic E-state index is -0.367. The molecule has 3 aromatic carbocycles. The zero-order valence-corrected chi connectivity index (χ0v) is 15.9. The van der Waals surface area contributed by atoms with Crippen LogP contribution in [0.3, 0.4) is 0 Å². The van der Waals surface area contributed by atoms with E-state index in [-0.39, 0.29) is 5.41 Å². The highest BCUT2D eigenvalue weighted by Crippen LogP contribution is 2.39. The van der Waals surface area contributed by atoms with Crippen molar-refractivity contribution in [3.63, 3.8) is 0 Å². The Morgan fingerprint density at radius 2 is 1.59 bits per heavy atom. The summed E-state index contributed by atoms with van der Waals surface area (Å²) in [5.41, 5.74) is 2.82. The molecule has 4 aromatic rings. The second-order valence-electron chi connectivity index (χ2n) is 7.01. The molecule has 0 bridgehead atoms. The molecule has 1 aromatic heterocycles. The standard InChI is InChI=1S/C24H19N2S/c1-17-24(2,23-25-20-13-7-9-15-22(20)27-23)16-18-10-6-8-14-21(18)26(17)19-11-4-3-5-12-19/h3-16H,1H2,2H3/q+1. The van der Waals surface area contributed by atoms with Crippen LogP contribution in [0.1, 0.15) is 11.9 Å². The summed E-state index contributed by atoms with van der Waals surface area (Å²) >= 11 is 1.75. The van der Waals surface area contributed by atoms with E-state index in [1.54, 1.807) is 11.3 Å². The number of thiazole rings is 1. The molecular weight excluding hydrogens is 348 g/mol. The van der Waals surface area contributed by atoms with E-state index in [4.69, 9.17) is 4.98 Å². The molecule has 0 amide bonds. The number of nitrogens with zero attached hydrogens (tertiary/aromatic N) is 2. The van der Waals surface area contributed by atoms with E-state index in [1.165, 1.54) is 9.92 Å². The van der Waals surface area contributed by atoms with Gasteiger partial charge in [0.1, 0.15) is 10.4 Å². The monoisotopic (exact) mass is 367 g/mol. The van der Waals surface area contributed by atoms with E-state index in [9.17, 15) is 0 Å². The number of rotatable bonds is 2. The molecule has 0 fully saturated rings. The second kappa shape index (κ2) is 6.00. The van der Waals surface area contributed by atoms with Crippen molar-refractivity contribution < 1.29 is 0 Å². The van der Waals surface area contributed by atoms with E-state index < -0.39 is 0 Å². The Bertz CT molecular complexity index is 1270. The van der Waals surface area contributed by atoms with Gasteiger partial charge in [-0.15, -0.1) is 11.3 Å². The maximum absolute atomic E-state index is 4.96. The minimum Gasteiger partial charge on any atom is -0.240 e. The summed E-state index contributed by atoms with van der Waals surface area (Å²) in [5, 5.41) is 3.44. The van der Waals surface area contributed by atoms with Gasteiger partial charge in [0, 0.05) is 23.4 Å². The molecule has 27 heavy (non-hydrogen) atoms. The van der Waals surface area contributed by atoms with Gasteiger partial charge in [0.25, 0.3) is 0 Å². The van der Waals surface area contributed by atoms with Gasteiger partial charge in [-0.2, -0.15) is 4.58 Å². The SMILES string of the molecule is C=C1[N+](c2ccccc2)=c2ccccc2=CC1(C)c1nc2ccccc2s1. The highest BCUT2D eigenvalue weighted by atomic mass is 32.1. The maximum Gasteiger partial charge on any atom is 0.218 e. The summed E-state index contributed by atoms with van der Waals surface area (Å²) in [6.07, 6.45) is 2.31. The summed E-state index contributed by atoms with van der Waals surface area (Å²) < 4.78 is 3.47. The van der Waals surface area contributed by atoms with Crippen molar-refractivity contribution in [2.75, 3.05) is 0 Å². The zero-order chi connectivity index (χ0) is 18.4. The average molecular weight is 367 g/mol. The third-order valence-electron chi connectivity index (χ3n) is 5.24. The van der Waals surface area contributed by atoms with Crippen LogP contribution in [0.2, 0.25) is 0 Å². The van der Waals surface area contributed by atoms with Crippen molar-refractivity contribution >= 4 is 33.3 Å². The molecule has 1 unspecified atom stereocenters. The van der Waals surface area contributed by atoms with Gasteiger partial charge in [-0.3, -0.25) is 0 Å². The normalized spacial score (nSPS) is 19.0. The van der Waals surface area contributed by atoms with Crippen LogP contribution in [0.15, 0.2) is 91.1 Å². The van der Waals surface area contributed by atoms with E-state index in [0.717, 1.165) is 27.3 Å². The molecule has 1 aliphatic rings. The molecule has 0 radical (unpaired) electrons. The van der Waals surface area contributed by atoms with Crippen molar-refractivity contribution in [2.24, 2.45) is 0 Å². The van der Waals surface area contributed by atoms with Gasteiger partial charge in [0.2, 0.25) is 11.0 Å². The van der Waals surface area contributed by atoms with E-state index >= 15 is 0 Å². The van der Waals surface area contributed by atoms with Crippen LogP contribution in [0.5, 0.6) is 0 Å². The number of fused-ring (bicyclic) bond motifs is 2. The van der Waals surface area contributed by atoms with Crippen LogP contribution in [0.25, 0.3) is 16.3 Å². The molecule has 0 N–H and O–H groups in total. The van der Waals surface area contributed by atoms with Gasteiger partial charge in [-0.05, 0) is 37.8 Å². The fraction of sp³-hybridized carbons (Fsp3) is 0.0833. The fourth-order valence-corrected chi connectivity index (χ4v) is 4.84. The molecule has 3 heteroatoms. The first kappa shape index (κ1) is 16.2. The molecule has 1 aliphatic heterocycles. The predicted molar refractivity (Wildman–Crippen MR) is 114 cm³/mol. The molecule has 130 valence electrons. The largest absolute Gasteiger partial charge is 0.240 e. The Balaban J connectivity index is 1.82. The summed E-state index contributed by atoms with van der Waals surface area (Å²) in [5.74, 6) is 0. The third kappa shape index (κ3) is 2.47. The minimum absolute atomic E-state index is 0.367. The quantitative estimate of drug-likeness (QED) is 0.480. The number of para-hydroxylation sites is 3. The third-order valence-corrected chi connectivity index (χ3v) is 6.52. The first-order valence-electron chi connectivity index (χ1n) is 9.02. The van der Waals surface area contributed by atoms with Crippen molar-refractivity contribution in [2.45, 2.75) is 12.3 Å². The van der Waals surface area contributed by atoms with Crippen LogP contribution < -0.4 is 15.2 Å². The van der Waals surface area contributed by atoms with Crippen molar-refractivity contribution in [1.82, 2.24) is 9.56 Å². The van der Waals surface area contributed by atoms with E-state index in [1.807, 2.05) is 12.1 Å². The fourth-order valence-electron chi connectivity index (χ4n) is 3.74. The predicted octanol–water partition coefficient (Wildman–Crippen LogP) is 4.38. The summed E-state index contributed by atoms with van der Waals surface area (Å²) in [6, 6.07) is 27.3. The van der Waals surface area contributed by atoms with Gasteiger partial charge in [-0.25, -0.2) is 4.98 Å². The van der Waals surface area contributed by atoms with Crippen LogP contribution in [-0.4, -0.2) is 4.98 Å². The van der Waals surface area contributed by atoms with Gasteiger partial charge < -0.3 is 0 Å². The molecule has 0 spiro atoms. The smallest absolute Gasteiger partial charge is 0.218 e. The Morgan fingerprint density at radius 3 is 2.41 bits per heavy atom. The van der Waals surface area contributed by atoms with E-state index in [0.29, 0.717) is 0 Å². The number of hydrogen-bond donors (Lipinski definition) is 0. The van der Waals surface area contributed by atoms with Gasteiger partial charge in [0.05, 0.1) is 10.2 Å². The molecule has 2 nitrogen and oxygen atoms in total. The first-order valence-corrected chi connectivity index (χ1v) is 9.84. The molecule has 0 saturated carbocycles. The molecule has 1 atom stereocenters. The Kier molecular flexibility index (Phi) is 3.59. The van der Waals surface area contributed by atoms with Gasteiger partial charge >= 0.3 is 0 Å². The molecule has 2 heterocycles. The number of aromatic nitrogens is 1. The maximum atomic E-state index is 4.96. The van der Waals surface area contributed by atoms with Crippen LogP contribution in [0, 0.1) is 0 Å². The molecule has 0 aliphatic carbocycles. The van der Waals surface area contributed by atoms with Gasteiger partial charge in [0.15, 0.2) is 5.70 Å². The van der Waals surface area contributed by atoms with E-state index in [2.05, 4.69) is 90.9 Å². The number of hydrogen-bond acceptors (Lipinski definition) is 2. The lowest BCUT2D eigenvalue weighted by Gasteiger charge is -2.25. The van der Waals surface area contributed by atoms with Crippen LogP contribution in [0.4, 0.5) is 5.69 Å². The van der Waals surface area contributed by atoms with Crippen molar-refractivity contribution in [1.29, 1.82) is 0 Å². The highest BCUT2D eigenvalue weighted by molar-refractivity contribution is 7.18. The molecular formula is C24H19N2S+. The van der Waals surface area contributed by atoms with Crippen molar-refractivity contribution in [3.8, 4) is 0 Å². The topological polar surface area (TPSA) is 15.9 Å².